The van der Waals surface area contributed by atoms with E-state index in [-0.39, 0.29) is 16.1 Å². The second-order valence-corrected chi connectivity index (χ2v) is 4.49. The molecule has 0 aromatic heterocycles. The number of halogens is 4. The summed E-state index contributed by atoms with van der Waals surface area (Å²) >= 11 is 5.68. The second-order valence-electron chi connectivity index (χ2n) is 4.05. The van der Waals surface area contributed by atoms with Crippen LogP contribution in [-0.2, 0) is 0 Å². The summed E-state index contributed by atoms with van der Waals surface area (Å²) in [5.41, 5.74) is 0.419. The molecule has 0 aliphatic heterocycles. The fraction of sp³-hybridized carbons (Fsp3) is 0.143. The van der Waals surface area contributed by atoms with E-state index >= 15 is 0 Å². The lowest BCUT2D eigenvalue weighted by Gasteiger charge is -2.18. The summed E-state index contributed by atoms with van der Waals surface area (Å²) in [7, 11) is 1.57. The summed E-state index contributed by atoms with van der Waals surface area (Å²) < 4.78 is 40.5. The van der Waals surface area contributed by atoms with E-state index in [0.717, 1.165) is 18.2 Å². The zero-order valence-corrected chi connectivity index (χ0v) is 10.8. The summed E-state index contributed by atoms with van der Waals surface area (Å²) in [5, 5.41) is 3.07. The maximum atomic E-state index is 13.9. The highest BCUT2D eigenvalue weighted by molar-refractivity contribution is 6.30. The van der Waals surface area contributed by atoms with E-state index in [1.54, 1.807) is 7.05 Å². The van der Waals surface area contributed by atoms with Gasteiger partial charge in [0, 0.05) is 22.2 Å². The molecule has 19 heavy (non-hydrogen) atoms. The molecule has 0 fully saturated rings. The molecule has 2 aromatic rings. The van der Waals surface area contributed by atoms with Crippen molar-refractivity contribution >= 4 is 11.6 Å². The molecule has 2 aromatic carbocycles. The Hall–Kier alpha value is -1.52. The number of hydrogen-bond donors (Lipinski definition) is 1. The van der Waals surface area contributed by atoms with Gasteiger partial charge in [-0.05, 0) is 25.2 Å². The van der Waals surface area contributed by atoms with Gasteiger partial charge in [0.15, 0.2) is 0 Å². The molecule has 0 aliphatic carbocycles. The predicted molar refractivity (Wildman–Crippen MR) is 68.7 cm³/mol. The molecule has 100 valence electrons. The number of nitrogens with one attached hydrogen (secondary N) is 1. The summed E-state index contributed by atoms with van der Waals surface area (Å²) in [6.07, 6.45) is 0. The zero-order valence-electron chi connectivity index (χ0n) is 10.1. The molecule has 0 heterocycles. The van der Waals surface area contributed by atoms with Crippen molar-refractivity contribution in [3.05, 3.63) is 70.0 Å². The lowest BCUT2D eigenvalue weighted by atomic mass is 9.98. The molecule has 1 nitrogen and oxygen atoms in total. The summed E-state index contributed by atoms with van der Waals surface area (Å²) in [6, 6.07) is 6.64. The predicted octanol–water partition coefficient (Wildman–Crippen LogP) is 4.07. The van der Waals surface area contributed by atoms with Crippen molar-refractivity contribution in [3.8, 4) is 0 Å². The molecule has 0 saturated heterocycles. The molecule has 1 unspecified atom stereocenters. The van der Waals surface area contributed by atoms with E-state index in [4.69, 9.17) is 11.6 Å². The topological polar surface area (TPSA) is 12.0 Å². The van der Waals surface area contributed by atoms with E-state index in [0.29, 0.717) is 0 Å². The zero-order chi connectivity index (χ0) is 14.0. The van der Waals surface area contributed by atoms with E-state index < -0.39 is 23.5 Å². The Morgan fingerprint density at radius 1 is 0.947 bits per heavy atom. The minimum atomic E-state index is -0.728. The molecule has 0 bridgehead atoms. The van der Waals surface area contributed by atoms with Crippen molar-refractivity contribution in [3.63, 3.8) is 0 Å². The van der Waals surface area contributed by atoms with Gasteiger partial charge in [0.2, 0.25) is 0 Å². The Balaban J connectivity index is 2.50. The third-order valence-corrected chi connectivity index (χ3v) is 3.07. The van der Waals surface area contributed by atoms with E-state index in [1.807, 2.05) is 0 Å². The maximum absolute atomic E-state index is 13.9. The Kier molecular flexibility index (Phi) is 4.12. The van der Waals surface area contributed by atoms with E-state index in [2.05, 4.69) is 5.32 Å². The van der Waals surface area contributed by atoms with Crippen LogP contribution in [0.1, 0.15) is 17.2 Å². The highest BCUT2D eigenvalue weighted by atomic mass is 35.5. The molecule has 1 atom stereocenters. The highest BCUT2D eigenvalue weighted by Gasteiger charge is 2.20. The van der Waals surface area contributed by atoms with Crippen LogP contribution >= 0.6 is 11.6 Å². The first-order chi connectivity index (χ1) is 9.02. The average molecular weight is 286 g/mol. The van der Waals surface area contributed by atoms with Gasteiger partial charge in [-0.1, -0.05) is 23.7 Å². The minimum absolute atomic E-state index is 0.171. The normalized spacial score (nSPS) is 12.5. The third kappa shape index (κ3) is 2.91. The third-order valence-electron chi connectivity index (χ3n) is 2.84. The monoisotopic (exact) mass is 285 g/mol. The van der Waals surface area contributed by atoms with Crippen LogP contribution in [0.5, 0.6) is 0 Å². The van der Waals surface area contributed by atoms with E-state index in [1.165, 1.54) is 18.2 Å². The SMILES string of the molecule is CNC(c1ccc(F)cc1F)c1ccc(Cl)cc1F. The van der Waals surface area contributed by atoms with Crippen LogP contribution in [0, 0.1) is 17.5 Å². The van der Waals surface area contributed by atoms with Gasteiger partial charge >= 0.3 is 0 Å². The van der Waals surface area contributed by atoms with Gasteiger partial charge < -0.3 is 5.32 Å². The lowest BCUT2D eigenvalue weighted by Crippen LogP contribution is -2.20. The largest absolute Gasteiger partial charge is 0.309 e. The van der Waals surface area contributed by atoms with Crippen LogP contribution in [0.15, 0.2) is 36.4 Å². The van der Waals surface area contributed by atoms with Crippen LogP contribution in [0.4, 0.5) is 13.2 Å². The Labute approximate surface area is 114 Å². The van der Waals surface area contributed by atoms with Crippen molar-refractivity contribution in [2.75, 3.05) is 7.05 Å². The molecule has 1 N–H and O–H groups in total. The van der Waals surface area contributed by atoms with Gasteiger partial charge in [0.25, 0.3) is 0 Å². The Morgan fingerprint density at radius 2 is 1.53 bits per heavy atom. The number of benzene rings is 2. The van der Waals surface area contributed by atoms with Crippen LogP contribution in [0.2, 0.25) is 5.02 Å². The fourth-order valence-electron chi connectivity index (χ4n) is 1.95. The van der Waals surface area contributed by atoms with Crippen molar-refractivity contribution in [2.45, 2.75) is 6.04 Å². The van der Waals surface area contributed by atoms with Gasteiger partial charge in [-0.3, -0.25) is 0 Å². The van der Waals surface area contributed by atoms with Crippen LogP contribution in [-0.4, -0.2) is 7.05 Å². The van der Waals surface area contributed by atoms with Gasteiger partial charge in [0.1, 0.15) is 17.5 Å². The van der Waals surface area contributed by atoms with Crippen molar-refractivity contribution in [2.24, 2.45) is 0 Å². The Morgan fingerprint density at radius 3 is 2.05 bits per heavy atom. The molecule has 0 aliphatic rings. The second kappa shape index (κ2) is 5.63. The molecule has 0 saturated carbocycles. The van der Waals surface area contributed by atoms with E-state index in [9.17, 15) is 13.2 Å². The van der Waals surface area contributed by atoms with Crippen LogP contribution in [0.25, 0.3) is 0 Å². The maximum Gasteiger partial charge on any atom is 0.131 e. The smallest absolute Gasteiger partial charge is 0.131 e. The van der Waals surface area contributed by atoms with Gasteiger partial charge in [-0.15, -0.1) is 0 Å². The van der Waals surface area contributed by atoms with Gasteiger partial charge in [0.05, 0.1) is 6.04 Å². The average Bonchev–Trinajstić information content (AvgIpc) is 2.34. The lowest BCUT2D eigenvalue weighted by molar-refractivity contribution is 0.535. The molecule has 5 heteroatoms. The summed E-state index contributed by atoms with van der Waals surface area (Å²) in [5.74, 6) is -1.95. The molecule has 2 rings (SSSR count). The first-order valence-electron chi connectivity index (χ1n) is 5.60. The van der Waals surface area contributed by atoms with Crippen molar-refractivity contribution in [1.29, 1.82) is 0 Å². The first-order valence-corrected chi connectivity index (χ1v) is 5.98. The molecule has 0 amide bonds. The molecular weight excluding hydrogens is 275 g/mol. The van der Waals surface area contributed by atoms with Crippen molar-refractivity contribution < 1.29 is 13.2 Å². The number of hydrogen-bond acceptors (Lipinski definition) is 1. The molecule has 0 spiro atoms. The summed E-state index contributed by atoms with van der Waals surface area (Å²) in [6.45, 7) is 0. The first kappa shape index (κ1) is 13.9. The van der Waals surface area contributed by atoms with Crippen LogP contribution < -0.4 is 5.32 Å². The standard InChI is InChI=1S/C14H11ClF3N/c1-19-14(10-4-2-8(15)6-12(10)17)11-5-3-9(16)7-13(11)18/h2-7,14,19H,1H3. The van der Waals surface area contributed by atoms with Gasteiger partial charge in [-0.2, -0.15) is 0 Å². The van der Waals surface area contributed by atoms with Gasteiger partial charge in [-0.25, -0.2) is 13.2 Å². The number of rotatable bonds is 3. The summed E-state index contributed by atoms with van der Waals surface area (Å²) in [4.78, 5) is 0. The highest BCUT2D eigenvalue weighted by Crippen LogP contribution is 2.28. The quantitative estimate of drug-likeness (QED) is 0.896. The fourth-order valence-corrected chi connectivity index (χ4v) is 2.11. The minimum Gasteiger partial charge on any atom is -0.309 e. The Bertz CT molecular complexity index is 550. The van der Waals surface area contributed by atoms with Crippen LogP contribution in [0.3, 0.4) is 0 Å². The molecule has 0 radical (unpaired) electrons. The molecular formula is C14H11ClF3N. The van der Waals surface area contributed by atoms with Crippen molar-refractivity contribution in [1.82, 2.24) is 5.32 Å².